The van der Waals surface area contributed by atoms with Crippen molar-refractivity contribution in [2.75, 3.05) is 32.1 Å². The molecule has 0 saturated carbocycles. The van der Waals surface area contributed by atoms with Crippen LogP contribution in [-0.4, -0.2) is 42.7 Å². The van der Waals surface area contributed by atoms with Gasteiger partial charge in [0, 0.05) is 26.4 Å². The van der Waals surface area contributed by atoms with Gasteiger partial charge >= 0.3 is 0 Å². The highest BCUT2D eigenvalue weighted by molar-refractivity contribution is 5.92. The summed E-state index contributed by atoms with van der Waals surface area (Å²) in [6, 6.07) is 1.60. The lowest BCUT2D eigenvalue weighted by Gasteiger charge is -2.06. The Balaban J connectivity index is 2.49. The molecule has 1 amide bonds. The second-order valence-electron chi connectivity index (χ2n) is 3.79. The number of anilines is 1. The minimum Gasteiger partial charge on any atom is -0.383 e. The van der Waals surface area contributed by atoms with Gasteiger partial charge in [-0.05, 0) is 12.5 Å². The zero-order valence-corrected chi connectivity index (χ0v) is 10.9. The normalized spacial score (nSPS) is 10.1. The number of hydrogen-bond donors (Lipinski definition) is 2. The van der Waals surface area contributed by atoms with Crippen molar-refractivity contribution < 1.29 is 9.53 Å². The highest BCUT2D eigenvalue weighted by Crippen LogP contribution is 2.00. The van der Waals surface area contributed by atoms with Gasteiger partial charge in [-0.2, -0.15) is 0 Å². The number of nitrogens with one attached hydrogen (secondary N) is 2. The fraction of sp³-hybridized carbons (Fsp3) is 0.583. The van der Waals surface area contributed by atoms with Gasteiger partial charge < -0.3 is 15.4 Å². The summed E-state index contributed by atoms with van der Waals surface area (Å²) in [4.78, 5) is 19.9. The number of carbonyl (C=O) groups is 1. The minimum atomic E-state index is -0.166. The molecule has 2 N–H and O–H groups in total. The van der Waals surface area contributed by atoms with E-state index in [1.165, 1.54) is 0 Å². The summed E-state index contributed by atoms with van der Waals surface area (Å²) in [5, 5.41) is 5.79. The summed E-state index contributed by atoms with van der Waals surface area (Å²) in [6.07, 6.45) is 3.58. The molecule has 0 atom stereocenters. The molecule has 0 aromatic carbocycles. The zero-order chi connectivity index (χ0) is 13.2. The molecule has 0 aliphatic rings. The van der Waals surface area contributed by atoms with Crippen LogP contribution in [0.1, 0.15) is 30.3 Å². The number of ether oxygens (including phenoxy) is 1. The third-order valence-electron chi connectivity index (χ3n) is 2.29. The van der Waals surface area contributed by atoms with Crippen molar-refractivity contribution in [3.8, 4) is 0 Å². The van der Waals surface area contributed by atoms with Crippen LogP contribution in [0.3, 0.4) is 0 Å². The van der Waals surface area contributed by atoms with Gasteiger partial charge in [0.15, 0.2) is 0 Å². The molecule has 0 unspecified atom stereocenters. The maximum Gasteiger partial charge on any atom is 0.270 e. The van der Waals surface area contributed by atoms with E-state index in [0.717, 1.165) is 12.8 Å². The summed E-state index contributed by atoms with van der Waals surface area (Å²) >= 11 is 0. The Bertz CT molecular complexity index is 371. The van der Waals surface area contributed by atoms with E-state index in [-0.39, 0.29) is 5.91 Å². The fourth-order valence-corrected chi connectivity index (χ4v) is 1.30. The molecule has 100 valence electrons. The van der Waals surface area contributed by atoms with Crippen molar-refractivity contribution in [3.63, 3.8) is 0 Å². The molecule has 6 heteroatoms. The van der Waals surface area contributed by atoms with Gasteiger partial charge in [0.1, 0.15) is 5.69 Å². The number of aromatic nitrogens is 2. The van der Waals surface area contributed by atoms with Gasteiger partial charge in [-0.3, -0.25) is 4.79 Å². The molecule has 0 spiro atoms. The standard InChI is InChI=1S/C12H20N4O2/c1-3-4-6-13-11(17)10-5-7-14-12(16-10)15-8-9-18-2/h5,7H,3-4,6,8-9H2,1-2H3,(H,13,17)(H,14,15,16). The molecule has 18 heavy (non-hydrogen) atoms. The molecule has 0 aliphatic carbocycles. The molecule has 1 rings (SSSR count). The monoisotopic (exact) mass is 252 g/mol. The van der Waals surface area contributed by atoms with Crippen LogP contribution in [0.4, 0.5) is 5.95 Å². The van der Waals surface area contributed by atoms with E-state index in [1.54, 1.807) is 19.4 Å². The molecule has 0 aliphatic heterocycles. The van der Waals surface area contributed by atoms with Gasteiger partial charge in [-0.15, -0.1) is 0 Å². The molecule has 0 bridgehead atoms. The largest absolute Gasteiger partial charge is 0.383 e. The van der Waals surface area contributed by atoms with Crippen LogP contribution < -0.4 is 10.6 Å². The summed E-state index contributed by atoms with van der Waals surface area (Å²) < 4.78 is 4.91. The minimum absolute atomic E-state index is 0.166. The van der Waals surface area contributed by atoms with Crippen LogP contribution in [0.25, 0.3) is 0 Å². The summed E-state index contributed by atoms with van der Waals surface area (Å²) in [5.74, 6) is 0.274. The molecular formula is C12H20N4O2. The van der Waals surface area contributed by atoms with E-state index >= 15 is 0 Å². The lowest BCUT2D eigenvalue weighted by molar-refractivity contribution is 0.0948. The molecular weight excluding hydrogens is 232 g/mol. The molecule has 6 nitrogen and oxygen atoms in total. The average Bonchev–Trinajstić information content (AvgIpc) is 2.39. The Morgan fingerprint density at radius 2 is 2.28 bits per heavy atom. The molecule has 1 heterocycles. The van der Waals surface area contributed by atoms with Crippen LogP contribution >= 0.6 is 0 Å². The summed E-state index contributed by atoms with van der Waals surface area (Å²) in [5.41, 5.74) is 0.376. The van der Waals surface area contributed by atoms with Crippen LogP contribution in [0.15, 0.2) is 12.3 Å². The molecule has 0 saturated heterocycles. The van der Waals surface area contributed by atoms with E-state index in [4.69, 9.17) is 4.74 Å². The second-order valence-corrected chi connectivity index (χ2v) is 3.79. The van der Waals surface area contributed by atoms with E-state index < -0.39 is 0 Å². The first kappa shape index (κ1) is 14.4. The number of hydrogen-bond acceptors (Lipinski definition) is 5. The lowest BCUT2D eigenvalue weighted by atomic mass is 10.3. The summed E-state index contributed by atoms with van der Waals surface area (Å²) in [7, 11) is 1.63. The maximum atomic E-state index is 11.7. The Kier molecular flexibility index (Phi) is 6.71. The van der Waals surface area contributed by atoms with E-state index in [1.807, 2.05) is 0 Å². The number of amides is 1. The van der Waals surface area contributed by atoms with Gasteiger partial charge in [-0.1, -0.05) is 13.3 Å². The molecule has 0 radical (unpaired) electrons. The number of carbonyl (C=O) groups excluding carboxylic acids is 1. The fourth-order valence-electron chi connectivity index (χ4n) is 1.30. The Morgan fingerprint density at radius 1 is 1.44 bits per heavy atom. The maximum absolute atomic E-state index is 11.7. The molecule has 1 aromatic rings. The topological polar surface area (TPSA) is 76.1 Å². The molecule has 0 fully saturated rings. The highest BCUT2D eigenvalue weighted by Gasteiger charge is 2.07. The van der Waals surface area contributed by atoms with Crippen molar-refractivity contribution in [2.45, 2.75) is 19.8 Å². The van der Waals surface area contributed by atoms with Crippen molar-refractivity contribution >= 4 is 11.9 Å². The van der Waals surface area contributed by atoms with Crippen LogP contribution in [0.5, 0.6) is 0 Å². The Morgan fingerprint density at radius 3 is 3.00 bits per heavy atom. The molecule has 1 aromatic heterocycles. The first-order chi connectivity index (χ1) is 8.77. The highest BCUT2D eigenvalue weighted by atomic mass is 16.5. The number of methoxy groups -OCH3 is 1. The first-order valence-corrected chi connectivity index (χ1v) is 6.12. The summed E-state index contributed by atoms with van der Waals surface area (Å²) in [6.45, 7) is 3.92. The van der Waals surface area contributed by atoms with Crippen molar-refractivity contribution in [2.24, 2.45) is 0 Å². The van der Waals surface area contributed by atoms with Crippen LogP contribution in [0.2, 0.25) is 0 Å². The average molecular weight is 252 g/mol. The predicted molar refractivity (Wildman–Crippen MR) is 69.6 cm³/mol. The van der Waals surface area contributed by atoms with Gasteiger partial charge in [0.2, 0.25) is 5.95 Å². The van der Waals surface area contributed by atoms with E-state index in [9.17, 15) is 4.79 Å². The Labute approximate surface area is 107 Å². The smallest absolute Gasteiger partial charge is 0.270 e. The third-order valence-corrected chi connectivity index (χ3v) is 2.29. The number of nitrogens with zero attached hydrogens (tertiary/aromatic N) is 2. The van der Waals surface area contributed by atoms with Crippen molar-refractivity contribution in [3.05, 3.63) is 18.0 Å². The lowest BCUT2D eigenvalue weighted by Crippen LogP contribution is -2.25. The van der Waals surface area contributed by atoms with Gasteiger partial charge in [0.05, 0.1) is 6.61 Å². The SMILES string of the molecule is CCCCNC(=O)c1ccnc(NCCOC)n1. The Hall–Kier alpha value is -1.69. The van der Waals surface area contributed by atoms with Gasteiger partial charge in [0.25, 0.3) is 5.91 Å². The number of rotatable bonds is 8. The van der Waals surface area contributed by atoms with Crippen molar-refractivity contribution in [1.82, 2.24) is 15.3 Å². The van der Waals surface area contributed by atoms with Crippen LogP contribution in [-0.2, 0) is 4.74 Å². The van der Waals surface area contributed by atoms with E-state index in [2.05, 4.69) is 27.5 Å². The number of unbranched alkanes of at least 4 members (excludes halogenated alkanes) is 1. The van der Waals surface area contributed by atoms with Crippen LogP contribution in [0, 0.1) is 0 Å². The van der Waals surface area contributed by atoms with Crippen molar-refractivity contribution in [1.29, 1.82) is 0 Å². The predicted octanol–water partition coefficient (Wildman–Crippen LogP) is 1.06. The third kappa shape index (κ3) is 5.09. The second kappa shape index (κ2) is 8.41. The van der Waals surface area contributed by atoms with Gasteiger partial charge in [-0.25, -0.2) is 9.97 Å². The van der Waals surface area contributed by atoms with E-state index in [0.29, 0.717) is 31.3 Å². The zero-order valence-electron chi connectivity index (χ0n) is 10.9. The first-order valence-electron chi connectivity index (χ1n) is 6.12. The quantitative estimate of drug-likeness (QED) is 0.677.